The fourth-order valence-corrected chi connectivity index (χ4v) is 2.17. The van der Waals surface area contributed by atoms with Gasteiger partial charge in [0.25, 0.3) is 0 Å². The van der Waals surface area contributed by atoms with Gasteiger partial charge in [-0.3, -0.25) is 0 Å². The van der Waals surface area contributed by atoms with Crippen LogP contribution in [0, 0.1) is 0 Å². The molecule has 0 amide bonds. The molecule has 0 spiro atoms. The Labute approximate surface area is 101 Å². The summed E-state index contributed by atoms with van der Waals surface area (Å²) in [5.74, 6) is -1.47. The summed E-state index contributed by atoms with van der Waals surface area (Å²) in [6, 6.07) is 0. The topological polar surface area (TPSA) is 63.6 Å². The molecule has 0 atom stereocenters. The van der Waals surface area contributed by atoms with Crippen molar-refractivity contribution in [2.45, 2.75) is 39.0 Å². The second-order valence-corrected chi connectivity index (χ2v) is 4.20. The van der Waals surface area contributed by atoms with E-state index >= 15 is 0 Å². The van der Waals surface area contributed by atoms with Gasteiger partial charge in [0.05, 0.1) is 12.7 Å². The minimum Gasteiger partial charge on any atom is -0.478 e. The van der Waals surface area contributed by atoms with Crippen LogP contribution in [-0.2, 0) is 14.3 Å². The third kappa shape index (κ3) is 3.73. The molecule has 1 saturated carbocycles. The highest BCUT2D eigenvalue weighted by Gasteiger charge is 2.20. The summed E-state index contributed by atoms with van der Waals surface area (Å²) in [7, 11) is 1.32. The first-order valence-corrected chi connectivity index (χ1v) is 5.78. The quantitative estimate of drug-likeness (QED) is 0.606. The van der Waals surface area contributed by atoms with E-state index in [1.165, 1.54) is 13.5 Å². The number of methoxy groups -OCH3 is 1. The van der Waals surface area contributed by atoms with Gasteiger partial charge in [-0.15, -0.1) is 0 Å². The van der Waals surface area contributed by atoms with E-state index in [0.717, 1.165) is 37.3 Å². The molecule has 0 aliphatic heterocycles. The van der Waals surface area contributed by atoms with Crippen molar-refractivity contribution in [3.63, 3.8) is 0 Å². The summed E-state index contributed by atoms with van der Waals surface area (Å²) >= 11 is 0. The second-order valence-electron chi connectivity index (χ2n) is 4.20. The number of carbonyl (C=O) groups excluding carboxylic acids is 1. The van der Waals surface area contributed by atoms with Gasteiger partial charge >= 0.3 is 11.9 Å². The number of allylic oxidation sites excluding steroid dienone is 1. The van der Waals surface area contributed by atoms with Gasteiger partial charge in [-0.05, 0) is 38.2 Å². The van der Waals surface area contributed by atoms with Crippen molar-refractivity contribution in [1.82, 2.24) is 0 Å². The van der Waals surface area contributed by atoms with Crippen molar-refractivity contribution in [3.8, 4) is 0 Å². The molecular weight excluding hydrogens is 220 g/mol. The van der Waals surface area contributed by atoms with E-state index in [1.807, 2.05) is 0 Å². The van der Waals surface area contributed by atoms with Crippen LogP contribution in [-0.4, -0.2) is 24.2 Å². The Kier molecular flexibility index (Phi) is 4.94. The maximum Gasteiger partial charge on any atom is 0.338 e. The molecule has 94 valence electrons. The summed E-state index contributed by atoms with van der Waals surface area (Å²) in [6.07, 6.45) is 6.05. The van der Waals surface area contributed by atoms with Gasteiger partial charge in [-0.25, -0.2) is 9.59 Å². The highest BCUT2D eigenvalue weighted by atomic mass is 16.5. The molecule has 1 N–H and O–H groups in total. The molecule has 1 aliphatic carbocycles. The first-order chi connectivity index (χ1) is 8.06. The van der Waals surface area contributed by atoms with Gasteiger partial charge in [-0.2, -0.15) is 0 Å². The molecule has 0 aromatic heterocycles. The van der Waals surface area contributed by atoms with E-state index in [1.54, 1.807) is 6.92 Å². The third-order valence-corrected chi connectivity index (χ3v) is 2.93. The summed E-state index contributed by atoms with van der Waals surface area (Å²) in [5, 5.41) is 8.73. The number of aliphatic carboxylic acids is 1. The lowest BCUT2D eigenvalue weighted by molar-refractivity contribution is -0.135. The zero-order valence-electron chi connectivity index (χ0n) is 10.3. The van der Waals surface area contributed by atoms with Crippen LogP contribution in [0.2, 0.25) is 0 Å². The highest BCUT2D eigenvalue weighted by Crippen LogP contribution is 2.29. The van der Waals surface area contributed by atoms with E-state index in [0.29, 0.717) is 11.1 Å². The molecule has 17 heavy (non-hydrogen) atoms. The van der Waals surface area contributed by atoms with Gasteiger partial charge in [0, 0.05) is 6.08 Å². The predicted molar refractivity (Wildman–Crippen MR) is 63.5 cm³/mol. The molecular formula is C13H18O4. The van der Waals surface area contributed by atoms with E-state index in [9.17, 15) is 9.59 Å². The lowest BCUT2D eigenvalue weighted by Crippen LogP contribution is -2.12. The molecule has 0 saturated heterocycles. The Hall–Kier alpha value is -1.58. The fraction of sp³-hybridized carbons (Fsp3) is 0.538. The number of hydrogen-bond acceptors (Lipinski definition) is 3. The molecule has 1 fully saturated rings. The number of carbonyl (C=O) groups is 2. The maximum absolute atomic E-state index is 11.7. The zero-order valence-corrected chi connectivity index (χ0v) is 10.3. The normalized spacial score (nSPS) is 16.6. The highest BCUT2D eigenvalue weighted by molar-refractivity contribution is 5.96. The second kappa shape index (κ2) is 6.23. The van der Waals surface area contributed by atoms with E-state index in [-0.39, 0.29) is 0 Å². The number of ether oxygens (including phenoxy) is 1. The van der Waals surface area contributed by atoms with Gasteiger partial charge in [0.15, 0.2) is 0 Å². The molecule has 0 radical (unpaired) electrons. The summed E-state index contributed by atoms with van der Waals surface area (Å²) < 4.78 is 4.74. The van der Waals surface area contributed by atoms with E-state index in [2.05, 4.69) is 0 Å². The van der Waals surface area contributed by atoms with Crippen LogP contribution in [0.15, 0.2) is 22.8 Å². The predicted octanol–water partition coefficient (Wildman–Crippen LogP) is 2.45. The van der Waals surface area contributed by atoms with Crippen LogP contribution in [0.25, 0.3) is 0 Å². The summed E-state index contributed by atoms with van der Waals surface area (Å²) in [6.45, 7) is 1.64. The minimum atomic E-state index is -1.04. The Morgan fingerprint density at radius 3 is 2.29 bits per heavy atom. The van der Waals surface area contributed by atoms with Crippen molar-refractivity contribution < 1.29 is 19.4 Å². The molecule has 1 rings (SSSR count). The van der Waals surface area contributed by atoms with Crippen LogP contribution < -0.4 is 0 Å². The molecule has 4 nitrogen and oxygen atoms in total. The Morgan fingerprint density at radius 2 is 1.82 bits per heavy atom. The Morgan fingerprint density at radius 1 is 1.24 bits per heavy atom. The van der Waals surface area contributed by atoms with E-state index < -0.39 is 11.9 Å². The average Bonchev–Trinajstić information content (AvgIpc) is 2.29. The zero-order chi connectivity index (χ0) is 12.8. The maximum atomic E-state index is 11.7. The van der Waals surface area contributed by atoms with Crippen LogP contribution in [0.3, 0.4) is 0 Å². The van der Waals surface area contributed by atoms with Gasteiger partial charge in [0.1, 0.15) is 0 Å². The van der Waals surface area contributed by atoms with Crippen molar-refractivity contribution in [3.05, 3.63) is 22.8 Å². The van der Waals surface area contributed by atoms with Crippen LogP contribution in [0.1, 0.15) is 39.0 Å². The molecule has 4 heteroatoms. The fourth-order valence-electron chi connectivity index (χ4n) is 2.17. The van der Waals surface area contributed by atoms with Gasteiger partial charge in [0.2, 0.25) is 0 Å². The first-order valence-electron chi connectivity index (χ1n) is 5.78. The molecule has 0 aromatic carbocycles. The molecule has 1 aliphatic rings. The minimum absolute atomic E-state index is 0.433. The van der Waals surface area contributed by atoms with Crippen LogP contribution in [0.4, 0.5) is 0 Å². The molecule has 0 heterocycles. The van der Waals surface area contributed by atoms with Crippen molar-refractivity contribution in [2.24, 2.45) is 0 Å². The van der Waals surface area contributed by atoms with E-state index in [4.69, 9.17) is 9.84 Å². The van der Waals surface area contributed by atoms with Gasteiger partial charge in [-0.1, -0.05) is 12.0 Å². The first kappa shape index (κ1) is 13.5. The lowest BCUT2D eigenvalue weighted by Gasteiger charge is -2.18. The number of rotatable bonds is 3. The number of carboxylic acid groups (broad SMARTS) is 1. The third-order valence-electron chi connectivity index (χ3n) is 2.93. The van der Waals surface area contributed by atoms with Crippen LogP contribution >= 0.6 is 0 Å². The molecule has 0 unspecified atom stereocenters. The van der Waals surface area contributed by atoms with Crippen molar-refractivity contribution >= 4 is 11.9 Å². The monoisotopic (exact) mass is 238 g/mol. The molecule has 0 aromatic rings. The summed E-state index contributed by atoms with van der Waals surface area (Å²) in [5.41, 5.74) is 1.95. The van der Waals surface area contributed by atoms with Crippen LogP contribution in [0.5, 0.6) is 0 Å². The number of carboxylic acids is 1. The van der Waals surface area contributed by atoms with Gasteiger partial charge < -0.3 is 9.84 Å². The van der Waals surface area contributed by atoms with Crippen molar-refractivity contribution in [2.75, 3.05) is 7.11 Å². The Balaban J connectivity index is 3.10. The summed E-state index contributed by atoms with van der Waals surface area (Å²) in [4.78, 5) is 22.4. The Bertz CT molecular complexity index is 369. The average molecular weight is 238 g/mol. The largest absolute Gasteiger partial charge is 0.478 e. The number of hydrogen-bond donors (Lipinski definition) is 1. The smallest absolute Gasteiger partial charge is 0.338 e. The lowest BCUT2D eigenvalue weighted by atomic mass is 9.88. The van der Waals surface area contributed by atoms with Crippen molar-refractivity contribution in [1.29, 1.82) is 0 Å². The number of esters is 1. The standard InChI is InChI=1S/C13H18O4/c1-9(8-11(14)15)12(13(16)17-2)10-6-4-3-5-7-10/h8H,3-7H2,1-2H3,(H,14,15)/b9-8-. The molecule has 0 bridgehead atoms. The SMILES string of the molecule is COC(=O)C(=C1CCCCC1)/C(C)=C\C(=O)O.